The highest BCUT2D eigenvalue weighted by molar-refractivity contribution is 7.99. The van der Waals surface area contributed by atoms with E-state index in [0.717, 1.165) is 11.3 Å². The van der Waals surface area contributed by atoms with Crippen molar-refractivity contribution < 1.29 is 9.59 Å². The topological polar surface area (TPSA) is 88.9 Å². The third-order valence-corrected chi connectivity index (χ3v) is 6.54. The largest absolute Gasteiger partial charge is 0.342 e. The molecule has 0 radical (unpaired) electrons. The van der Waals surface area contributed by atoms with Crippen LogP contribution in [0.2, 0.25) is 10.0 Å². The standard InChI is InChI=1S/C23H25Cl2N5O2S/c1-13(2)16-7-5-6-8-19(16)27-20(31)12-33-23-29-28-21(30(23)4)14(3)26-22(32)17-10-9-15(24)11-18(17)25/h5-11,13-14H,12H2,1-4H3,(H,26,32)(H,27,31)/t14-/m1/s1. The number of thioether (sulfide) groups is 1. The number of carbonyl (C=O) groups excluding carboxylic acids is 2. The molecule has 33 heavy (non-hydrogen) atoms. The highest BCUT2D eigenvalue weighted by Gasteiger charge is 2.20. The monoisotopic (exact) mass is 505 g/mol. The third kappa shape index (κ3) is 6.28. The first-order chi connectivity index (χ1) is 15.7. The molecule has 2 N–H and O–H groups in total. The molecule has 0 saturated heterocycles. The first-order valence-electron chi connectivity index (χ1n) is 10.3. The minimum absolute atomic E-state index is 0.128. The van der Waals surface area contributed by atoms with Crippen LogP contribution in [-0.4, -0.2) is 32.3 Å². The molecule has 0 aliphatic rings. The quantitative estimate of drug-likeness (QED) is 0.396. The summed E-state index contributed by atoms with van der Waals surface area (Å²) in [6.07, 6.45) is 0. The van der Waals surface area contributed by atoms with Gasteiger partial charge in [-0.25, -0.2) is 0 Å². The van der Waals surface area contributed by atoms with E-state index in [1.165, 1.54) is 17.8 Å². The Labute approximate surface area is 207 Å². The Morgan fingerprint density at radius 2 is 1.82 bits per heavy atom. The number of nitrogens with one attached hydrogen (secondary N) is 2. The van der Waals surface area contributed by atoms with Crippen LogP contribution in [0.4, 0.5) is 5.69 Å². The molecule has 0 bridgehead atoms. The van der Waals surface area contributed by atoms with E-state index in [9.17, 15) is 9.59 Å². The summed E-state index contributed by atoms with van der Waals surface area (Å²) in [5.41, 5.74) is 2.22. The third-order valence-electron chi connectivity index (χ3n) is 4.97. The zero-order valence-corrected chi connectivity index (χ0v) is 21.1. The maximum atomic E-state index is 12.6. The molecule has 7 nitrogen and oxygen atoms in total. The van der Waals surface area contributed by atoms with Crippen LogP contribution in [0.5, 0.6) is 0 Å². The zero-order valence-electron chi connectivity index (χ0n) is 18.7. The van der Waals surface area contributed by atoms with E-state index in [4.69, 9.17) is 23.2 Å². The van der Waals surface area contributed by atoms with Crippen LogP contribution in [-0.2, 0) is 11.8 Å². The van der Waals surface area contributed by atoms with Crippen molar-refractivity contribution in [1.29, 1.82) is 0 Å². The van der Waals surface area contributed by atoms with Crippen LogP contribution >= 0.6 is 35.0 Å². The summed E-state index contributed by atoms with van der Waals surface area (Å²) in [6.45, 7) is 5.97. The van der Waals surface area contributed by atoms with Gasteiger partial charge in [0.25, 0.3) is 5.91 Å². The lowest BCUT2D eigenvalue weighted by Crippen LogP contribution is -2.28. The van der Waals surface area contributed by atoms with Gasteiger partial charge in [0.05, 0.1) is 22.4 Å². The molecule has 0 fully saturated rings. The zero-order chi connectivity index (χ0) is 24.1. The number of hydrogen-bond donors (Lipinski definition) is 2. The molecule has 3 aromatic rings. The summed E-state index contributed by atoms with van der Waals surface area (Å²) in [5.74, 6) is 0.567. The van der Waals surface area contributed by atoms with Crippen molar-refractivity contribution in [3.8, 4) is 0 Å². The van der Waals surface area contributed by atoms with Crippen molar-refractivity contribution in [3.63, 3.8) is 0 Å². The fourth-order valence-corrected chi connectivity index (χ4v) is 4.48. The fourth-order valence-electron chi connectivity index (χ4n) is 3.27. The fraction of sp³-hybridized carbons (Fsp3) is 0.304. The lowest BCUT2D eigenvalue weighted by atomic mass is 10.0. The lowest BCUT2D eigenvalue weighted by molar-refractivity contribution is -0.113. The molecule has 0 unspecified atom stereocenters. The van der Waals surface area contributed by atoms with Crippen LogP contribution in [0, 0.1) is 0 Å². The van der Waals surface area contributed by atoms with E-state index >= 15 is 0 Å². The second-order valence-corrected chi connectivity index (χ2v) is 9.58. The number of para-hydroxylation sites is 1. The Morgan fingerprint density at radius 1 is 1.09 bits per heavy atom. The number of rotatable bonds is 8. The minimum atomic E-state index is -0.428. The SMILES string of the molecule is CC(C)c1ccccc1NC(=O)CSc1nnc([C@@H](C)NC(=O)c2ccc(Cl)cc2Cl)n1C. The van der Waals surface area contributed by atoms with Gasteiger partial charge in [0.2, 0.25) is 5.91 Å². The van der Waals surface area contributed by atoms with E-state index in [1.807, 2.05) is 24.3 Å². The Morgan fingerprint density at radius 3 is 2.52 bits per heavy atom. The van der Waals surface area contributed by atoms with Gasteiger partial charge < -0.3 is 15.2 Å². The first-order valence-corrected chi connectivity index (χ1v) is 12.1. The molecule has 0 spiro atoms. The van der Waals surface area contributed by atoms with Gasteiger partial charge in [0, 0.05) is 17.8 Å². The Hall–Kier alpha value is -2.55. The van der Waals surface area contributed by atoms with Crippen molar-refractivity contribution in [2.45, 2.75) is 37.9 Å². The highest BCUT2D eigenvalue weighted by Crippen LogP contribution is 2.25. The van der Waals surface area contributed by atoms with Crippen molar-refractivity contribution in [2.24, 2.45) is 7.05 Å². The van der Waals surface area contributed by atoms with Gasteiger partial charge in [-0.1, -0.05) is 67.0 Å². The van der Waals surface area contributed by atoms with Gasteiger partial charge in [-0.15, -0.1) is 10.2 Å². The lowest BCUT2D eigenvalue weighted by Gasteiger charge is -2.14. The molecule has 10 heteroatoms. The number of amides is 2. The Bertz CT molecular complexity index is 1170. The minimum Gasteiger partial charge on any atom is -0.342 e. The molecule has 1 heterocycles. The van der Waals surface area contributed by atoms with Gasteiger partial charge in [-0.2, -0.15) is 0 Å². The summed E-state index contributed by atoms with van der Waals surface area (Å²) in [7, 11) is 1.79. The molecule has 0 aliphatic carbocycles. The van der Waals surface area contributed by atoms with Crippen LogP contribution in [0.1, 0.15) is 54.5 Å². The molecule has 0 saturated carbocycles. The van der Waals surface area contributed by atoms with Gasteiger partial charge in [-0.3, -0.25) is 9.59 Å². The van der Waals surface area contributed by atoms with E-state index in [2.05, 4.69) is 34.7 Å². The second-order valence-electron chi connectivity index (χ2n) is 7.80. The average molecular weight is 506 g/mol. The average Bonchev–Trinajstić information content (AvgIpc) is 3.12. The van der Waals surface area contributed by atoms with Crippen molar-refractivity contribution >= 4 is 52.5 Å². The van der Waals surface area contributed by atoms with E-state index < -0.39 is 6.04 Å². The maximum absolute atomic E-state index is 12.6. The molecular weight excluding hydrogens is 481 g/mol. The number of nitrogens with zero attached hydrogens (tertiary/aromatic N) is 3. The Balaban J connectivity index is 1.61. The summed E-state index contributed by atoms with van der Waals surface area (Å²) < 4.78 is 1.76. The van der Waals surface area contributed by atoms with Gasteiger partial charge >= 0.3 is 0 Å². The molecule has 0 aliphatic heterocycles. The number of anilines is 1. The van der Waals surface area contributed by atoms with Gasteiger partial charge in [0.1, 0.15) is 0 Å². The molecule has 1 atom stereocenters. The molecule has 3 rings (SSSR count). The van der Waals surface area contributed by atoms with Crippen molar-refractivity contribution in [3.05, 3.63) is 69.5 Å². The molecule has 174 valence electrons. The predicted octanol–water partition coefficient (Wildman–Crippen LogP) is 5.47. The predicted molar refractivity (Wildman–Crippen MR) is 133 cm³/mol. The highest BCUT2D eigenvalue weighted by atomic mass is 35.5. The van der Waals surface area contributed by atoms with Crippen molar-refractivity contribution in [1.82, 2.24) is 20.1 Å². The number of benzene rings is 2. The second kappa shape index (κ2) is 11.0. The molecular formula is C23H25Cl2N5O2S. The summed E-state index contributed by atoms with van der Waals surface area (Å²) in [6, 6.07) is 12.0. The number of halogens is 2. The first kappa shape index (κ1) is 25.1. The van der Waals surface area contributed by atoms with Gasteiger partial charge in [-0.05, 0) is 42.7 Å². The van der Waals surface area contributed by atoms with Crippen molar-refractivity contribution in [2.75, 3.05) is 11.1 Å². The maximum Gasteiger partial charge on any atom is 0.253 e. The molecule has 1 aromatic heterocycles. The van der Waals surface area contributed by atoms with Crippen LogP contribution < -0.4 is 10.6 Å². The van der Waals surface area contributed by atoms with Crippen LogP contribution in [0.3, 0.4) is 0 Å². The summed E-state index contributed by atoms with van der Waals surface area (Å²) in [4.78, 5) is 25.1. The summed E-state index contributed by atoms with van der Waals surface area (Å²) in [5, 5.41) is 15.5. The summed E-state index contributed by atoms with van der Waals surface area (Å²) >= 11 is 13.3. The molecule has 2 amide bonds. The van der Waals surface area contributed by atoms with E-state index in [1.54, 1.807) is 30.7 Å². The number of hydrogen-bond acceptors (Lipinski definition) is 5. The van der Waals surface area contributed by atoms with Crippen LogP contribution in [0.25, 0.3) is 0 Å². The van der Waals surface area contributed by atoms with E-state index in [-0.39, 0.29) is 22.6 Å². The Kier molecular flexibility index (Phi) is 8.40. The number of carbonyl (C=O) groups is 2. The normalized spacial score (nSPS) is 12.0. The number of aromatic nitrogens is 3. The van der Waals surface area contributed by atoms with Gasteiger partial charge in [0.15, 0.2) is 11.0 Å². The van der Waals surface area contributed by atoms with Crippen LogP contribution in [0.15, 0.2) is 47.6 Å². The smallest absolute Gasteiger partial charge is 0.253 e. The molecule has 2 aromatic carbocycles. The van der Waals surface area contributed by atoms with E-state index in [0.29, 0.717) is 27.5 Å².